The van der Waals surface area contributed by atoms with Gasteiger partial charge in [0.15, 0.2) is 11.3 Å². The smallest absolute Gasteiger partial charge is 0.253 e. The Morgan fingerprint density at radius 3 is 2.62 bits per heavy atom. The quantitative estimate of drug-likeness (QED) is 0.701. The van der Waals surface area contributed by atoms with Crippen molar-refractivity contribution in [3.8, 4) is 6.19 Å². The maximum atomic E-state index is 12.9. The van der Waals surface area contributed by atoms with Gasteiger partial charge in [-0.2, -0.15) is 5.26 Å². The van der Waals surface area contributed by atoms with Crippen molar-refractivity contribution in [3.63, 3.8) is 0 Å². The lowest BCUT2D eigenvalue weighted by atomic mass is 9.95. The highest BCUT2D eigenvalue weighted by atomic mass is 35.5. The Morgan fingerprint density at radius 1 is 1.33 bits per heavy atom. The predicted octanol–water partition coefficient (Wildman–Crippen LogP) is 1.43. The lowest BCUT2D eigenvalue weighted by Gasteiger charge is -2.43. The Bertz CT molecular complexity index is 735. The molecule has 7 nitrogen and oxygen atoms in total. The normalized spacial score (nSPS) is 21.8. The minimum absolute atomic E-state index is 0.0324. The van der Waals surface area contributed by atoms with Crippen molar-refractivity contribution in [2.75, 3.05) is 31.1 Å². The van der Waals surface area contributed by atoms with E-state index in [0.717, 1.165) is 4.88 Å². The van der Waals surface area contributed by atoms with Crippen LogP contribution in [0.25, 0.3) is 0 Å². The minimum atomic E-state index is -0.639. The number of halogens is 1. The number of rotatable bonds is 1. The molecular formula is C15H18ClN5O2S. The van der Waals surface area contributed by atoms with Crippen LogP contribution in [0, 0.1) is 11.5 Å². The van der Waals surface area contributed by atoms with E-state index in [1.165, 1.54) is 21.1 Å². The number of fused-ring (bicyclic) bond motifs is 1. The van der Waals surface area contributed by atoms with Crippen LogP contribution in [0.5, 0.6) is 0 Å². The number of hydrogen-bond donors (Lipinski definition) is 0. The molecule has 0 N–H and O–H groups in total. The lowest BCUT2D eigenvalue weighted by Crippen LogP contribution is -2.66. The Labute approximate surface area is 149 Å². The summed E-state index contributed by atoms with van der Waals surface area (Å²) in [5, 5.41) is 9.88. The summed E-state index contributed by atoms with van der Waals surface area (Å²) in [6, 6.07) is -0.639. The van der Waals surface area contributed by atoms with Crippen LogP contribution in [-0.2, 0) is 15.0 Å². The average molecular weight is 368 g/mol. The lowest BCUT2D eigenvalue weighted by molar-refractivity contribution is -0.145. The van der Waals surface area contributed by atoms with Gasteiger partial charge in [-0.3, -0.25) is 14.5 Å². The highest BCUT2D eigenvalue weighted by molar-refractivity contribution is 7.16. The number of aromatic nitrogens is 1. The van der Waals surface area contributed by atoms with Gasteiger partial charge in [0.1, 0.15) is 17.7 Å². The maximum absolute atomic E-state index is 12.9. The van der Waals surface area contributed by atoms with E-state index in [4.69, 9.17) is 16.9 Å². The van der Waals surface area contributed by atoms with Gasteiger partial charge >= 0.3 is 0 Å². The molecule has 3 heterocycles. The molecule has 2 aliphatic rings. The second-order valence-corrected chi connectivity index (χ2v) is 8.28. The summed E-state index contributed by atoms with van der Waals surface area (Å²) in [7, 11) is 0. The zero-order valence-electron chi connectivity index (χ0n) is 13.7. The molecule has 0 radical (unpaired) electrons. The SMILES string of the molecule is CC(C)(C)c1sc(N2CC(=O)N3CCN(C#N)C[C@@H]3C2=O)nc1Cl. The van der Waals surface area contributed by atoms with Gasteiger partial charge in [0.05, 0.1) is 11.4 Å². The van der Waals surface area contributed by atoms with Gasteiger partial charge in [-0.25, -0.2) is 4.98 Å². The highest BCUT2D eigenvalue weighted by Crippen LogP contribution is 2.39. The van der Waals surface area contributed by atoms with Crippen LogP contribution < -0.4 is 4.90 Å². The second-order valence-electron chi connectivity index (χ2n) is 6.94. The van der Waals surface area contributed by atoms with Gasteiger partial charge in [-0.1, -0.05) is 43.7 Å². The first-order chi connectivity index (χ1) is 11.2. The summed E-state index contributed by atoms with van der Waals surface area (Å²) in [6.07, 6.45) is 2.05. The van der Waals surface area contributed by atoms with E-state index in [0.29, 0.717) is 23.4 Å². The average Bonchev–Trinajstić information content (AvgIpc) is 2.92. The molecule has 0 saturated carbocycles. The molecule has 128 valence electrons. The van der Waals surface area contributed by atoms with E-state index in [9.17, 15) is 9.59 Å². The van der Waals surface area contributed by atoms with E-state index in [1.54, 1.807) is 4.90 Å². The number of hydrogen-bond acceptors (Lipinski definition) is 6. The third-order valence-corrected chi connectivity index (χ3v) is 6.06. The molecule has 3 rings (SSSR count). The van der Waals surface area contributed by atoms with Crippen molar-refractivity contribution in [2.24, 2.45) is 0 Å². The molecule has 1 aromatic heterocycles. The van der Waals surface area contributed by atoms with E-state index < -0.39 is 6.04 Å². The van der Waals surface area contributed by atoms with Gasteiger partial charge in [0.2, 0.25) is 5.91 Å². The molecular weight excluding hydrogens is 350 g/mol. The van der Waals surface area contributed by atoms with Crippen LogP contribution in [0.4, 0.5) is 5.13 Å². The topological polar surface area (TPSA) is 80.5 Å². The molecule has 0 aliphatic carbocycles. The molecule has 2 fully saturated rings. The summed E-state index contributed by atoms with van der Waals surface area (Å²) in [4.78, 5) is 34.9. The maximum Gasteiger partial charge on any atom is 0.253 e. The second kappa shape index (κ2) is 5.90. The minimum Gasteiger partial charge on any atom is -0.325 e. The number of piperazine rings is 2. The molecule has 2 aliphatic heterocycles. The molecule has 9 heteroatoms. The highest BCUT2D eigenvalue weighted by Gasteiger charge is 2.44. The number of carbonyl (C=O) groups excluding carboxylic acids is 2. The van der Waals surface area contributed by atoms with Crippen LogP contribution in [0.3, 0.4) is 0 Å². The number of nitrogens with zero attached hydrogens (tertiary/aromatic N) is 5. The van der Waals surface area contributed by atoms with Crippen LogP contribution in [-0.4, -0.2) is 58.8 Å². The van der Waals surface area contributed by atoms with Gasteiger partial charge in [0, 0.05) is 13.1 Å². The van der Waals surface area contributed by atoms with E-state index in [1.807, 2.05) is 20.8 Å². The fourth-order valence-corrected chi connectivity index (χ4v) is 4.45. The van der Waals surface area contributed by atoms with Crippen molar-refractivity contribution in [2.45, 2.75) is 32.2 Å². The summed E-state index contributed by atoms with van der Waals surface area (Å²) >= 11 is 7.57. The number of carbonyl (C=O) groups is 2. The fourth-order valence-electron chi connectivity index (χ4n) is 2.90. The number of nitriles is 1. The monoisotopic (exact) mass is 367 g/mol. The van der Waals surface area contributed by atoms with Crippen molar-refractivity contribution < 1.29 is 9.59 Å². The molecule has 1 aromatic rings. The molecule has 2 saturated heterocycles. The van der Waals surface area contributed by atoms with Crippen LogP contribution in [0.1, 0.15) is 25.6 Å². The summed E-state index contributed by atoms with van der Waals surface area (Å²) in [5.41, 5.74) is -0.190. The van der Waals surface area contributed by atoms with Gasteiger partial charge in [-0.05, 0) is 5.41 Å². The van der Waals surface area contributed by atoms with Crippen molar-refractivity contribution >= 4 is 39.9 Å². The Kier molecular flexibility index (Phi) is 4.18. The number of amides is 2. The molecule has 2 amide bonds. The fraction of sp³-hybridized carbons (Fsp3) is 0.600. The molecule has 1 atom stereocenters. The van der Waals surface area contributed by atoms with Crippen LogP contribution in [0.15, 0.2) is 0 Å². The van der Waals surface area contributed by atoms with E-state index in [2.05, 4.69) is 11.2 Å². The third-order valence-electron chi connectivity index (χ3n) is 4.17. The summed E-state index contributed by atoms with van der Waals surface area (Å²) in [5.74, 6) is -0.332. The molecule has 0 spiro atoms. The first-order valence-electron chi connectivity index (χ1n) is 7.64. The summed E-state index contributed by atoms with van der Waals surface area (Å²) in [6.45, 7) is 7.11. The zero-order chi connectivity index (χ0) is 17.6. The van der Waals surface area contributed by atoms with Gasteiger partial charge < -0.3 is 9.80 Å². The number of thiazole rings is 1. The van der Waals surface area contributed by atoms with Gasteiger partial charge in [-0.15, -0.1) is 0 Å². The zero-order valence-corrected chi connectivity index (χ0v) is 15.3. The van der Waals surface area contributed by atoms with Crippen LogP contribution in [0.2, 0.25) is 5.15 Å². The Hall–Kier alpha value is -1.85. The van der Waals surface area contributed by atoms with Gasteiger partial charge in [0.25, 0.3) is 5.91 Å². The van der Waals surface area contributed by atoms with E-state index >= 15 is 0 Å². The molecule has 24 heavy (non-hydrogen) atoms. The molecule has 0 bridgehead atoms. The largest absolute Gasteiger partial charge is 0.325 e. The van der Waals surface area contributed by atoms with Crippen LogP contribution >= 0.6 is 22.9 Å². The first-order valence-corrected chi connectivity index (χ1v) is 8.84. The predicted molar refractivity (Wildman–Crippen MR) is 90.9 cm³/mol. The molecule has 0 unspecified atom stereocenters. The van der Waals surface area contributed by atoms with E-state index in [-0.39, 0.29) is 30.3 Å². The van der Waals surface area contributed by atoms with Crippen molar-refractivity contribution in [1.29, 1.82) is 5.26 Å². The number of anilines is 1. The van der Waals surface area contributed by atoms with Crippen molar-refractivity contribution in [1.82, 2.24) is 14.8 Å². The first kappa shape index (κ1) is 17.0. The molecule has 0 aromatic carbocycles. The summed E-state index contributed by atoms with van der Waals surface area (Å²) < 4.78 is 0. The Balaban J connectivity index is 1.91. The Morgan fingerprint density at radius 2 is 2.04 bits per heavy atom. The standard InChI is InChI=1S/C15H18ClN5O2S/c1-15(2,3)11-12(16)18-14(24-11)21-7-10(22)20-5-4-19(8-17)6-9(20)13(21)23/h9H,4-7H2,1-3H3/t9-/m1/s1. The third kappa shape index (κ3) is 2.82. The van der Waals surface area contributed by atoms with Crippen molar-refractivity contribution in [3.05, 3.63) is 10.0 Å².